The van der Waals surface area contributed by atoms with Crippen molar-refractivity contribution in [3.63, 3.8) is 0 Å². The van der Waals surface area contributed by atoms with Crippen molar-refractivity contribution < 1.29 is 13.2 Å². The zero-order chi connectivity index (χ0) is 16.7. The molecule has 2 rings (SSSR count). The standard InChI is InChI=1S/C16H24N2O3S/c1-10-9-11(2)13(4)15(12(10)3)22(20,21)18-8-6-5-7-14(18)16(17)19/h9,14H,5-8H2,1-4H3,(H2,17,19)/t14-/m0/s1. The first-order valence-corrected chi connectivity index (χ1v) is 9.00. The van der Waals surface area contributed by atoms with Crippen molar-refractivity contribution in [3.8, 4) is 0 Å². The van der Waals surface area contributed by atoms with Gasteiger partial charge in [0.15, 0.2) is 0 Å². The van der Waals surface area contributed by atoms with Gasteiger partial charge in [0.2, 0.25) is 15.9 Å². The Kier molecular flexibility index (Phi) is 4.63. The molecule has 22 heavy (non-hydrogen) atoms. The van der Waals surface area contributed by atoms with Gasteiger partial charge >= 0.3 is 0 Å². The number of aryl methyl sites for hydroxylation is 2. The van der Waals surface area contributed by atoms with Crippen molar-refractivity contribution in [1.29, 1.82) is 0 Å². The summed E-state index contributed by atoms with van der Waals surface area (Å²) in [4.78, 5) is 12.0. The number of carbonyl (C=O) groups is 1. The molecule has 6 heteroatoms. The highest BCUT2D eigenvalue weighted by molar-refractivity contribution is 7.89. The van der Waals surface area contributed by atoms with Crippen molar-refractivity contribution in [2.45, 2.75) is 57.9 Å². The lowest BCUT2D eigenvalue weighted by Gasteiger charge is -2.33. The first kappa shape index (κ1) is 17.0. The van der Waals surface area contributed by atoms with Crippen LogP contribution in [0.3, 0.4) is 0 Å². The molecule has 1 aromatic rings. The summed E-state index contributed by atoms with van der Waals surface area (Å²) in [5, 5.41) is 0. The van der Waals surface area contributed by atoms with Gasteiger partial charge in [0.1, 0.15) is 6.04 Å². The van der Waals surface area contributed by atoms with E-state index in [0.717, 1.165) is 35.1 Å². The Morgan fingerprint density at radius 1 is 1.14 bits per heavy atom. The lowest BCUT2D eigenvalue weighted by molar-refractivity contribution is -0.122. The predicted molar refractivity (Wildman–Crippen MR) is 86.1 cm³/mol. The molecule has 1 fully saturated rings. The maximum absolute atomic E-state index is 13.2. The van der Waals surface area contributed by atoms with Crippen LogP contribution in [0, 0.1) is 27.7 Å². The minimum atomic E-state index is -3.73. The number of primary amides is 1. The Morgan fingerprint density at radius 2 is 1.68 bits per heavy atom. The summed E-state index contributed by atoms with van der Waals surface area (Å²) in [5.74, 6) is -0.567. The van der Waals surface area contributed by atoms with Crippen molar-refractivity contribution in [2.24, 2.45) is 5.73 Å². The fourth-order valence-corrected chi connectivity index (χ4v) is 5.41. The van der Waals surface area contributed by atoms with Gasteiger partial charge in [-0.15, -0.1) is 0 Å². The van der Waals surface area contributed by atoms with Gasteiger partial charge in [-0.1, -0.05) is 12.5 Å². The van der Waals surface area contributed by atoms with Crippen LogP contribution < -0.4 is 5.73 Å². The minimum Gasteiger partial charge on any atom is -0.368 e. The van der Waals surface area contributed by atoms with Crippen LogP contribution in [0.25, 0.3) is 0 Å². The third-order valence-corrected chi connectivity index (χ3v) is 6.83. The van der Waals surface area contributed by atoms with Gasteiger partial charge in [0.05, 0.1) is 4.90 Å². The van der Waals surface area contributed by atoms with Gasteiger partial charge in [-0.05, 0) is 62.8 Å². The largest absolute Gasteiger partial charge is 0.368 e. The van der Waals surface area contributed by atoms with Gasteiger partial charge < -0.3 is 5.73 Å². The number of sulfonamides is 1. The van der Waals surface area contributed by atoms with Crippen molar-refractivity contribution in [1.82, 2.24) is 4.31 Å². The van der Waals surface area contributed by atoms with Crippen LogP contribution in [0.2, 0.25) is 0 Å². The second kappa shape index (κ2) is 6.01. The molecule has 1 heterocycles. The Bertz CT molecular complexity index is 684. The predicted octanol–water partition coefficient (Wildman–Crippen LogP) is 1.95. The lowest BCUT2D eigenvalue weighted by atomic mass is 10.0. The molecule has 0 radical (unpaired) electrons. The normalized spacial score (nSPS) is 20.1. The number of piperidine rings is 1. The number of amides is 1. The SMILES string of the molecule is Cc1cc(C)c(C)c(S(=O)(=O)N2CCCC[C@H]2C(N)=O)c1C. The monoisotopic (exact) mass is 324 g/mol. The van der Waals surface area contributed by atoms with Crippen LogP contribution in [0.4, 0.5) is 0 Å². The van der Waals surface area contributed by atoms with Crippen molar-refractivity contribution in [3.05, 3.63) is 28.3 Å². The van der Waals surface area contributed by atoms with E-state index in [1.54, 1.807) is 0 Å². The van der Waals surface area contributed by atoms with Gasteiger partial charge in [0.25, 0.3) is 0 Å². The molecular weight excluding hydrogens is 300 g/mol. The maximum atomic E-state index is 13.2. The summed E-state index contributed by atoms with van der Waals surface area (Å²) in [5.41, 5.74) is 8.80. The van der Waals surface area contributed by atoms with Crippen LogP contribution in [-0.2, 0) is 14.8 Å². The first-order chi connectivity index (χ1) is 10.2. The van der Waals surface area contributed by atoms with Gasteiger partial charge in [-0.25, -0.2) is 8.42 Å². The second-order valence-electron chi connectivity index (χ2n) is 6.12. The third-order valence-electron chi connectivity index (χ3n) is 4.65. The molecule has 0 spiro atoms. The zero-order valence-electron chi connectivity index (χ0n) is 13.6. The van der Waals surface area contributed by atoms with Gasteiger partial charge in [-0.2, -0.15) is 4.31 Å². The zero-order valence-corrected chi connectivity index (χ0v) is 14.5. The summed E-state index contributed by atoms with van der Waals surface area (Å²) in [6.45, 7) is 7.79. The summed E-state index contributed by atoms with van der Waals surface area (Å²) in [7, 11) is -3.73. The topological polar surface area (TPSA) is 80.5 Å². The first-order valence-electron chi connectivity index (χ1n) is 7.56. The van der Waals surface area contributed by atoms with Crippen LogP contribution in [0.5, 0.6) is 0 Å². The number of carbonyl (C=O) groups excluding carboxylic acids is 1. The summed E-state index contributed by atoms with van der Waals surface area (Å²) >= 11 is 0. The highest BCUT2D eigenvalue weighted by Gasteiger charge is 2.38. The number of rotatable bonds is 3. The molecule has 1 amide bonds. The average molecular weight is 324 g/mol. The number of hydrogen-bond donors (Lipinski definition) is 1. The molecule has 2 N–H and O–H groups in total. The molecule has 122 valence electrons. The molecule has 1 aliphatic rings. The smallest absolute Gasteiger partial charge is 0.244 e. The number of nitrogens with zero attached hydrogens (tertiary/aromatic N) is 1. The number of nitrogens with two attached hydrogens (primary N) is 1. The Labute approximate surface area is 132 Å². The van der Waals surface area contributed by atoms with Crippen LogP contribution >= 0.6 is 0 Å². The summed E-state index contributed by atoms with van der Waals surface area (Å²) < 4.78 is 27.6. The van der Waals surface area contributed by atoms with Crippen molar-refractivity contribution >= 4 is 15.9 Å². The van der Waals surface area contributed by atoms with Crippen LogP contribution in [-0.4, -0.2) is 31.2 Å². The molecule has 0 aromatic heterocycles. The second-order valence-corrected chi connectivity index (χ2v) is 7.95. The Hall–Kier alpha value is -1.40. The van der Waals surface area contributed by atoms with E-state index in [1.807, 2.05) is 33.8 Å². The molecule has 0 saturated carbocycles. The van der Waals surface area contributed by atoms with Gasteiger partial charge in [-0.3, -0.25) is 4.79 Å². The molecular formula is C16H24N2O3S. The molecule has 5 nitrogen and oxygen atoms in total. The van der Waals surface area contributed by atoms with E-state index in [9.17, 15) is 13.2 Å². The Balaban J connectivity index is 2.62. The minimum absolute atomic E-state index is 0.332. The summed E-state index contributed by atoms with van der Waals surface area (Å²) in [6.07, 6.45) is 2.08. The molecule has 1 atom stereocenters. The van der Waals surface area contributed by atoms with E-state index >= 15 is 0 Å². The van der Waals surface area contributed by atoms with E-state index in [0.29, 0.717) is 17.9 Å². The summed E-state index contributed by atoms with van der Waals surface area (Å²) in [6, 6.07) is 1.25. The van der Waals surface area contributed by atoms with E-state index in [-0.39, 0.29) is 0 Å². The van der Waals surface area contributed by atoms with Crippen molar-refractivity contribution in [2.75, 3.05) is 6.54 Å². The van der Waals surface area contributed by atoms with E-state index in [1.165, 1.54) is 4.31 Å². The highest BCUT2D eigenvalue weighted by atomic mass is 32.2. The fraction of sp³-hybridized carbons (Fsp3) is 0.562. The Morgan fingerprint density at radius 3 is 2.18 bits per heavy atom. The average Bonchev–Trinajstić information content (AvgIpc) is 2.45. The fourth-order valence-electron chi connectivity index (χ4n) is 3.16. The van der Waals surface area contributed by atoms with E-state index in [2.05, 4.69) is 0 Å². The molecule has 0 unspecified atom stereocenters. The molecule has 0 bridgehead atoms. The lowest BCUT2D eigenvalue weighted by Crippen LogP contribution is -2.50. The van der Waals surface area contributed by atoms with E-state index < -0.39 is 22.0 Å². The highest BCUT2D eigenvalue weighted by Crippen LogP contribution is 2.32. The number of benzene rings is 1. The maximum Gasteiger partial charge on any atom is 0.244 e. The van der Waals surface area contributed by atoms with E-state index in [4.69, 9.17) is 5.73 Å². The molecule has 0 aliphatic carbocycles. The number of hydrogen-bond acceptors (Lipinski definition) is 3. The van der Waals surface area contributed by atoms with Gasteiger partial charge in [0, 0.05) is 6.54 Å². The quantitative estimate of drug-likeness (QED) is 0.922. The van der Waals surface area contributed by atoms with Crippen LogP contribution in [0.15, 0.2) is 11.0 Å². The molecule has 1 aliphatic heterocycles. The molecule has 1 aromatic carbocycles. The molecule has 1 saturated heterocycles. The van der Waals surface area contributed by atoms with Crippen LogP contribution in [0.1, 0.15) is 41.5 Å². The third kappa shape index (κ3) is 2.77.